The van der Waals surface area contributed by atoms with E-state index in [1.807, 2.05) is 24.3 Å². The van der Waals surface area contributed by atoms with Gasteiger partial charge in [-0.2, -0.15) is 4.31 Å². The highest BCUT2D eigenvalue weighted by Gasteiger charge is 2.33. The van der Waals surface area contributed by atoms with E-state index in [0.29, 0.717) is 12.8 Å². The molecule has 0 atom stereocenters. The van der Waals surface area contributed by atoms with Gasteiger partial charge in [0, 0.05) is 25.4 Å². The molecule has 0 saturated carbocycles. The molecule has 0 aliphatic carbocycles. The van der Waals surface area contributed by atoms with E-state index in [1.54, 1.807) is 4.57 Å². The number of nitrogens with zero attached hydrogens (tertiary/aromatic N) is 2. The maximum Gasteiger partial charge on any atom is 0.326 e. The summed E-state index contributed by atoms with van der Waals surface area (Å²) in [6.45, 7) is 0.411. The van der Waals surface area contributed by atoms with Crippen molar-refractivity contribution < 1.29 is 16.8 Å². The molecule has 2 aromatic carbocycles. The van der Waals surface area contributed by atoms with Gasteiger partial charge in [0.05, 0.1) is 15.9 Å². The van der Waals surface area contributed by atoms with E-state index < -0.39 is 19.9 Å². The van der Waals surface area contributed by atoms with E-state index in [9.17, 15) is 21.6 Å². The van der Waals surface area contributed by atoms with Gasteiger partial charge in [0.25, 0.3) is 0 Å². The number of aromatic amines is 1. The van der Waals surface area contributed by atoms with Gasteiger partial charge in [0.2, 0.25) is 10.0 Å². The Hall–Kier alpha value is -2.43. The Labute approximate surface area is 168 Å². The van der Waals surface area contributed by atoms with Crippen LogP contribution in [0.25, 0.3) is 11.0 Å². The van der Waals surface area contributed by atoms with Crippen LogP contribution < -0.4 is 5.69 Å². The van der Waals surface area contributed by atoms with Crippen LogP contribution in [-0.2, 0) is 19.9 Å². The number of hydrogen-bond acceptors (Lipinski definition) is 5. The molecule has 4 rings (SSSR count). The van der Waals surface area contributed by atoms with Gasteiger partial charge in [-0.25, -0.2) is 21.6 Å². The minimum Gasteiger partial charge on any atom is -0.306 e. The lowest BCUT2D eigenvalue weighted by molar-refractivity contribution is 0.274. The van der Waals surface area contributed by atoms with Crippen molar-refractivity contribution in [3.8, 4) is 0 Å². The van der Waals surface area contributed by atoms with Gasteiger partial charge in [-0.15, -0.1) is 0 Å². The van der Waals surface area contributed by atoms with Crippen LogP contribution in [0, 0.1) is 0 Å². The molecule has 1 fully saturated rings. The predicted molar refractivity (Wildman–Crippen MR) is 109 cm³/mol. The molecule has 0 radical (unpaired) electrons. The van der Waals surface area contributed by atoms with Crippen LogP contribution in [0.15, 0.2) is 63.1 Å². The Morgan fingerprint density at radius 1 is 0.897 bits per heavy atom. The second-order valence-electron chi connectivity index (χ2n) is 7.17. The summed E-state index contributed by atoms with van der Waals surface area (Å²) in [5, 5.41) is 0. The number of fused-ring (bicyclic) bond motifs is 1. The second kappa shape index (κ2) is 7.12. The minimum atomic E-state index is -3.96. The molecule has 0 bridgehead atoms. The summed E-state index contributed by atoms with van der Waals surface area (Å²) in [6, 6.07) is 12.9. The second-order valence-corrected chi connectivity index (χ2v) is 11.1. The number of hydrogen-bond donors (Lipinski definition) is 1. The van der Waals surface area contributed by atoms with Crippen LogP contribution in [0.4, 0.5) is 0 Å². The Morgan fingerprint density at radius 3 is 2.14 bits per heavy atom. The molecule has 1 aliphatic heterocycles. The molecule has 1 aromatic heterocycles. The standard InChI is InChI=1S/C19H21N3O5S2/c1-28(24,25)17-8-4-5-9-18(17)29(26,27)21-12-10-14(11-13-21)22-16-7-3-2-6-15(16)20-19(22)23/h2-9,14H,10-13H2,1H3,(H,20,23). The highest BCUT2D eigenvalue weighted by molar-refractivity contribution is 7.93. The Morgan fingerprint density at radius 2 is 1.48 bits per heavy atom. The number of nitrogens with one attached hydrogen (secondary N) is 1. The van der Waals surface area contributed by atoms with E-state index >= 15 is 0 Å². The Bertz CT molecular complexity index is 1330. The fraction of sp³-hybridized carbons (Fsp3) is 0.316. The summed E-state index contributed by atoms with van der Waals surface area (Å²) >= 11 is 0. The maximum absolute atomic E-state index is 13.1. The average Bonchev–Trinajstić information content (AvgIpc) is 3.03. The van der Waals surface area contributed by atoms with E-state index in [-0.39, 0.29) is 34.6 Å². The summed E-state index contributed by atoms with van der Waals surface area (Å²) in [4.78, 5) is 14.8. The molecule has 1 aliphatic rings. The van der Waals surface area contributed by atoms with Crippen LogP contribution in [0.3, 0.4) is 0 Å². The predicted octanol–water partition coefficient (Wildman–Crippen LogP) is 1.76. The summed E-state index contributed by atoms with van der Waals surface area (Å²) in [5.74, 6) is 0. The normalized spacial score (nSPS) is 17.0. The summed E-state index contributed by atoms with van der Waals surface area (Å²) < 4.78 is 53.3. The van der Waals surface area contributed by atoms with Crippen LogP contribution >= 0.6 is 0 Å². The Kier molecular flexibility index (Phi) is 4.88. The first-order valence-electron chi connectivity index (χ1n) is 9.18. The van der Waals surface area contributed by atoms with E-state index in [4.69, 9.17) is 0 Å². The topological polar surface area (TPSA) is 109 Å². The molecule has 2 heterocycles. The lowest BCUT2D eigenvalue weighted by Gasteiger charge is -2.32. The SMILES string of the molecule is CS(=O)(=O)c1ccccc1S(=O)(=O)N1CCC(n2c(=O)[nH]c3ccccc32)CC1. The zero-order valence-corrected chi connectivity index (χ0v) is 17.4. The number of imidazole rings is 1. The van der Waals surface area contributed by atoms with E-state index in [0.717, 1.165) is 17.3 Å². The number of aromatic nitrogens is 2. The highest BCUT2D eigenvalue weighted by atomic mass is 32.2. The fourth-order valence-electron chi connectivity index (χ4n) is 3.89. The number of para-hydroxylation sites is 2. The molecule has 8 nitrogen and oxygen atoms in total. The number of rotatable bonds is 4. The molecular formula is C19H21N3O5S2. The number of piperidine rings is 1. The molecule has 10 heteroatoms. The van der Waals surface area contributed by atoms with Crippen molar-refractivity contribution in [2.75, 3.05) is 19.3 Å². The van der Waals surface area contributed by atoms with Crippen LogP contribution in [0.5, 0.6) is 0 Å². The van der Waals surface area contributed by atoms with Gasteiger partial charge in [-0.1, -0.05) is 24.3 Å². The van der Waals surface area contributed by atoms with Crippen molar-refractivity contribution in [1.29, 1.82) is 0 Å². The number of H-pyrrole nitrogens is 1. The largest absolute Gasteiger partial charge is 0.326 e. The van der Waals surface area contributed by atoms with Crippen molar-refractivity contribution in [3.63, 3.8) is 0 Å². The smallest absolute Gasteiger partial charge is 0.306 e. The third kappa shape index (κ3) is 3.52. The molecule has 0 unspecified atom stereocenters. The average molecular weight is 436 g/mol. The third-order valence-electron chi connectivity index (χ3n) is 5.28. The first-order chi connectivity index (χ1) is 13.7. The van der Waals surface area contributed by atoms with E-state index in [2.05, 4.69) is 4.98 Å². The molecule has 0 amide bonds. The molecule has 154 valence electrons. The fourth-order valence-corrected chi connectivity index (χ4v) is 6.96. The monoisotopic (exact) mass is 435 g/mol. The van der Waals surface area contributed by atoms with Gasteiger partial charge >= 0.3 is 5.69 Å². The van der Waals surface area contributed by atoms with Crippen molar-refractivity contribution in [1.82, 2.24) is 13.9 Å². The van der Waals surface area contributed by atoms with Crippen molar-refractivity contribution in [2.24, 2.45) is 0 Å². The molecule has 1 saturated heterocycles. The summed E-state index contributed by atoms with van der Waals surface area (Å²) in [6.07, 6.45) is 1.92. The number of sulfonamides is 1. The maximum atomic E-state index is 13.1. The van der Waals surface area contributed by atoms with Gasteiger partial charge in [0.15, 0.2) is 9.84 Å². The van der Waals surface area contributed by atoms with Crippen molar-refractivity contribution in [3.05, 3.63) is 59.0 Å². The summed E-state index contributed by atoms with van der Waals surface area (Å²) in [7, 11) is -7.65. The Balaban J connectivity index is 1.62. The van der Waals surface area contributed by atoms with Gasteiger partial charge in [-0.05, 0) is 37.1 Å². The minimum absolute atomic E-state index is 0.129. The quantitative estimate of drug-likeness (QED) is 0.672. The van der Waals surface area contributed by atoms with Crippen molar-refractivity contribution >= 4 is 30.9 Å². The lowest BCUT2D eigenvalue weighted by atomic mass is 10.1. The van der Waals surface area contributed by atoms with Gasteiger partial charge in [0.1, 0.15) is 4.90 Å². The number of sulfone groups is 1. The molecule has 29 heavy (non-hydrogen) atoms. The molecule has 0 spiro atoms. The van der Waals surface area contributed by atoms with Crippen molar-refractivity contribution in [2.45, 2.75) is 28.7 Å². The van der Waals surface area contributed by atoms with Gasteiger partial charge in [-0.3, -0.25) is 4.57 Å². The van der Waals surface area contributed by atoms with Crippen LogP contribution in [0.1, 0.15) is 18.9 Å². The van der Waals surface area contributed by atoms with Gasteiger partial charge < -0.3 is 4.98 Å². The van der Waals surface area contributed by atoms with Crippen LogP contribution in [0.2, 0.25) is 0 Å². The zero-order chi connectivity index (χ0) is 20.8. The van der Waals surface area contributed by atoms with Crippen LogP contribution in [-0.4, -0.2) is 50.0 Å². The van der Waals surface area contributed by atoms with E-state index in [1.165, 1.54) is 28.6 Å². The molecule has 3 aromatic rings. The zero-order valence-electron chi connectivity index (χ0n) is 15.8. The third-order valence-corrected chi connectivity index (χ3v) is 8.52. The first-order valence-corrected chi connectivity index (χ1v) is 12.5. The highest BCUT2D eigenvalue weighted by Crippen LogP contribution is 2.30. The molecular weight excluding hydrogens is 414 g/mol. The number of benzene rings is 2. The molecule has 1 N–H and O–H groups in total. The summed E-state index contributed by atoms with van der Waals surface area (Å²) in [5.41, 5.74) is 1.32. The lowest BCUT2D eigenvalue weighted by Crippen LogP contribution is -2.40. The first kappa shape index (κ1) is 19.9.